The zero-order chi connectivity index (χ0) is 18.7. The summed E-state index contributed by atoms with van der Waals surface area (Å²) >= 11 is 7.08. The molecule has 0 saturated carbocycles. The van der Waals surface area contributed by atoms with E-state index in [2.05, 4.69) is 15.7 Å². The Balaban J connectivity index is 1.86. The first-order valence-corrected chi connectivity index (χ1v) is 10.0. The van der Waals surface area contributed by atoms with Gasteiger partial charge in [0, 0.05) is 11.9 Å². The fraction of sp³-hybridized carbons (Fsp3) is 0.500. The van der Waals surface area contributed by atoms with Crippen LogP contribution in [-0.4, -0.2) is 28.0 Å². The van der Waals surface area contributed by atoms with E-state index in [0.29, 0.717) is 10.7 Å². The molecule has 0 fully saturated rings. The standard InChI is InChI=1S/C18H24N4O2S2/c1-11-13(10-19-22(11)2)20-18(25)21-16-15(17(23)24-3)12-8-6-4-5-7-9-14(12)26-16/h10H,4-9H2,1-3H3,(H2,20,21,25). The van der Waals surface area contributed by atoms with Crippen LogP contribution in [-0.2, 0) is 24.6 Å². The fourth-order valence-electron chi connectivity index (χ4n) is 3.20. The van der Waals surface area contributed by atoms with Gasteiger partial charge in [0.15, 0.2) is 5.11 Å². The molecule has 0 amide bonds. The second-order valence-corrected chi connectivity index (χ2v) is 7.97. The van der Waals surface area contributed by atoms with E-state index in [1.54, 1.807) is 22.2 Å². The molecule has 2 heterocycles. The molecule has 0 aliphatic heterocycles. The molecule has 140 valence electrons. The summed E-state index contributed by atoms with van der Waals surface area (Å²) in [6.07, 6.45) is 8.37. The highest BCUT2D eigenvalue weighted by Crippen LogP contribution is 2.37. The number of hydrogen-bond acceptors (Lipinski definition) is 5. The van der Waals surface area contributed by atoms with Crippen molar-refractivity contribution < 1.29 is 9.53 Å². The number of rotatable bonds is 3. The normalized spacial score (nSPS) is 14.1. The van der Waals surface area contributed by atoms with Crippen LogP contribution < -0.4 is 10.6 Å². The van der Waals surface area contributed by atoms with Gasteiger partial charge in [-0.1, -0.05) is 12.8 Å². The second kappa shape index (κ2) is 8.18. The maximum absolute atomic E-state index is 12.4. The molecule has 1 aliphatic rings. The zero-order valence-corrected chi connectivity index (χ0v) is 17.0. The molecule has 2 N–H and O–H groups in total. The van der Waals surface area contributed by atoms with Crippen LogP contribution in [0.3, 0.4) is 0 Å². The number of thiophene rings is 1. The highest BCUT2D eigenvalue weighted by molar-refractivity contribution is 7.80. The van der Waals surface area contributed by atoms with E-state index in [1.165, 1.54) is 24.8 Å². The number of fused-ring (bicyclic) bond motifs is 1. The largest absolute Gasteiger partial charge is 0.465 e. The van der Waals surface area contributed by atoms with Crippen LogP contribution in [0.2, 0.25) is 0 Å². The summed E-state index contributed by atoms with van der Waals surface area (Å²) in [4.78, 5) is 13.7. The van der Waals surface area contributed by atoms with Gasteiger partial charge >= 0.3 is 5.97 Å². The lowest BCUT2D eigenvalue weighted by Crippen LogP contribution is -2.20. The maximum atomic E-state index is 12.4. The van der Waals surface area contributed by atoms with Crippen LogP contribution in [0.4, 0.5) is 10.7 Å². The van der Waals surface area contributed by atoms with Crippen LogP contribution in [0.5, 0.6) is 0 Å². The first-order chi connectivity index (χ1) is 12.5. The van der Waals surface area contributed by atoms with Gasteiger partial charge in [-0.15, -0.1) is 11.3 Å². The van der Waals surface area contributed by atoms with Gasteiger partial charge in [-0.25, -0.2) is 4.79 Å². The van der Waals surface area contributed by atoms with Crippen molar-refractivity contribution in [2.45, 2.75) is 45.4 Å². The van der Waals surface area contributed by atoms with E-state index in [0.717, 1.165) is 47.6 Å². The van der Waals surface area contributed by atoms with Crippen LogP contribution >= 0.6 is 23.6 Å². The highest BCUT2D eigenvalue weighted by Gasteiger charge is 2.25. The van der Waals surface area contributed by atoms with Gasteiger partial charge in [-0.3, -0.25) is 4.68 Å². The quantitative estimate of drug-likeness (QED) is 0.607. The average molecular weight is 393 g/mol. The van der Waals surface area contributed by atoms with Crippen LogP contribution in [0.15, 0.2) is 6.20 Å². The van der Waals surface area contributed by atoms with E-state index < -0.39 is 0 Å². The number of nitrogens with one attached hydrogen (secondary N) is 2. The number of carbonyl (C=O) groups excluding carboxylic acids is 1. The summed E-state index contributed by atoms with van der Waals surface area (Å²) in [6, 6.07) is 0. The summed E-state index contributed by atoms with van der Waals surface area (Å²) in [6.45, 7) is 1.97. The molecule has 2 aromatic heterocycles. The summed E-state index contributed by atoms with van der Waals surface area (Å²) < 4.78 is 6.83. The monoisotopic (exact) mass is 392 g/mol. The number of thiocarbonyl (C=S) groups is 1. The number of ether oxygens (including phenoxy) is 1. The third-order valence-corrected chi connectivity index (χ3v) is 6.18. The molecule has 0 unspecified atom stereocenters. The number of aryl methyl sites for hydroxylation is 2. The number of hydrogen-bond donors (Lipinski definition) is 2. The molecule has 0 spiro atoms. The van der Waals surface area contributed by atoms with E-state index in [4.69, 9.17) is 17.0 Å². The summed E-state index contributed by atoms with van der Waals surface area (Å²) in [5.74, 6) is -0.300. The molecule has 1 aliphatic carbocycles. The van der Waals surface area contributed by atoms with Crippen LogP contribution in [0.25, 0.3) is 0 Å². The van der Waals surface area contributed by atoms with Crippen LogP contribution in [0.1, 0.15) is 52.2 Å². The molecule has 0 atom stereocenters. The zero-order valence-electron chi connectivity index (χ0n) is 15.3. The van der Waals surface area contributed by atoms with Crippen molar-refractivity contribution in [2.75, 3.05) is 17.7 Å². The lowest BCUT2D eigenvalue weighted by atomic mass is 9.96. The van der Waals surface area contributed by atoms with Crippen molar-refractivity contribution in [1.29, 1.82) is 0 Å². The lowest BCUT2D eigenvalue weighted by Gasteiger charge is -2.12. The van der Waals surface area contributed by atoms with E-state index in [9.17, 15) is 4.79 Å². The van der Waals surface area contributed by atoms with Crippen molar-refractivity contribution in [3.63, 3.8) is 0 Å². The number of esters is 1. The summed E-state index contributed by atoms with van der Waals surface area (Å²) in [5.41, 5.74) is 3.60. The Morgan fingerprint density at radius 1 is 1.27 bits per heavy atom. The Hall–Kier alpha value is -1.93. The van der Waals surface area contributed by atoms with Crippen molar-refractivity contribution in [2.24, 2.45) is 7.05 Å². The summed E-state index contributed by atoms with van der Waals surface area (Å²) in [5, 5.41) is 11.8. The highest BCUT2D eigenvalue weighted by atomic mass is 32.1. The molecule has 2 aromatic rings. The lowest BCUT2D eigenvalue weighted by molar-refractivity contribution is 0.0601. The molecule has 6 nitrogen and oxygen atoms in total. The Labute approximate surface area is 162 Å². The molecule has 0 saturated heterocycles. The third-order valence-electron chi connectivity index (χ3n) is 4.77. The van der Waals surface area contributed by atoms with E-state index >= 15 is 0 Å². The third kappa shape index (κ3) is 3.91. The molecule has 0 aromatic carbocycles. The first kappa shape index (κ1) is 18.8. The minimum atomic E-state index is -0.300. The average Bonchev–Trinajstić information content (AvgIpc) is 3.08. The van der Waals surface area contributed by atoms with Gasteiger partial charge in [0.1, 0.15) is 5.00 Å². The van der Waals surface area contributed by atoms with Gasteiger partial charge in [-0.2, -0.15) is 5.10 Å². The van der Waals surface area contributed by atoms with Gasteiger partial charge in [0.25, 0.3) is 0 Å². The van der Waals surface area contributed by atoms with E-state index in [1.807, 2.05) is 14.0 Å². The maximum Gasteiger partial charge on any atom is 0.341 e. The number of nitrogens with zero attached hydrogens (tertiary/aromatic N) is 2. The molecule has 3 rings (SSSR count). The Kier molecular flexibility index (Phi) is 5.93. The number of anilines is 2. The van der Waals surface area contributed by atoms with Crippen LogP contribution in [0, 0.1) is 6.92 Å². The predicted octanol–water partition coefficient (Wildman–Crippen LogP) is 4.04. The smallest absolute Gasteiger partial charge is 0.341 e. The number of aromatic nitrogens is 2. The van der Waals surface area contributed by atoms with Crippen molar-refractivity contribution in [3.8, 4) is 0 Å². The molecule has 8 heteroatoms. The van der Waals surface area contributed by atoms with Gasteiger partial charge in [0.2, 0.25) is 0 Å². The first-order valence-electron chi connectivity index (χ1n) is 8.80. The molecule has 0 radical (unpaired) electrons. The van der Waals surface area contributed by atoms with Gasteiger partial charge in [-0.05, 0) is 50.4 Å². The molecule has 26 heavy (non-hydrogen) atoms. The molecular weight excluding hydrogens is 368 g/mol. The van der Waals surface area contributed by atoms with Crippen molar-refractivity contribution >= 4 is 45.3 Å². The Bertz CT molecular complexity index is 826. The van der Waals surface area contributed by atoms with Gasteiger partial charge in [0.05, 0.1) is 30.3 Å². The minimum absolute atomic E-state index is 0.300. The fourth-order valence-corrected chi connectivity index (χ4v) is 4.76. The number of carbonyl (C=O) groups is 1. The summed E-state index contributed by atoms with van der Waals surface area (Å²) in [7, 11) is 3.31. The van der Waals surface area contributed by atoms with Crippen molar-refractivity contribution in [3.05, 3.63) is 27.9 Å². The predicted molar refractivity (Wildman–Crippen MR) is 109 cm³/mol. The minimum Gasteiger partial charge on any atom is -0.465 e. The Morgan fingerprint density at radius 3 is 2.65 bits per heavy atom. The molecular formula is C18H24N4O2S2. The van der Waals surface area contributed by atoms with E-state index in [-0.39, 0.29) is 5.97 Å². The molecule has 0 bridgehead atoms. The number of methoxy groups -OCH3 is 1. The second-order valence-electron chi connectivity index (χ2n) is 6.46. The topological polar surface area (TPSA) is 68.2 Å². The Morgan fingerprint density at radius 2 is 2.00 bits per heavy atom. The van der Waals surface area contributed by atoms with Gasteiger partial charge < -0.3 is 15.4 Å². The SMILES string of the molecule is COC(=O)c1c(NC(=S)Nc2cnn(C)c2C)sc2c1CCCCCC2. The van der Waals surface area contributed by atoms with Crippen molar-refractivity contribution in [1.82, 2.24) is 9.78 Å².